The molecule has 0 saturated carbocycles. The lowest BCUT2D eigenvalue weighted by Crippen LogP contribution is -2.54. The van der Waals surface area contributed by atoms with E-state index in [-0.39, 0.29) is 24.9 Å². The molecule has 2 atom stereocenters. The van der Waals surface area contributed by atoms with Crippen LogP contribution in [0.4, 0.5) is 4.79 Å². The van der Waals surface area contributed by atoms with Crippen molar-refractivity contribution in [3.8, 4) is 0 Å². The van der Waals surface area contributed by atoms with Crippen LogP contribution in [-0.4, -0.2) is 133 Å². The number of carboxylic acid groups (broad SMARTS) is 1. The number of carboxylic acids is 1. The molecule has 2 unspecified atom stereocenters. The minimum Gasteiger partial charge on any atom is -0.480 e. The lowest BCUT2D eigenvalue weighted by Gasteiger charge is -2.38. The van der Waals surface area contributed by atoms with Crippen molar-refractivity contribution in [3.05, 3.63) is 0 Å². The number of unbranched alkanes of at least 4 members (excludes halogenated alkanes) is 1. The Kier molecular flexibility index (Phi) is 8.73. The Balaban J connectivity index is 1.39. The topological polar surface area (TPSA) is 79.8 Å². The number of rotatable bonds is 10. The Hall–Kier alpha value is -1.42. The van der Waals surface area contributed by atoms with Gasteiger partial charge in [-0.05, 0) is 38.8 Å². The molecule has 0 radical (unpaired) electrons. The molecular weight excluding hydrogens is 386 g/mol. The molecule has 3 aliphatic rings. The summed E-state index contributed by atoms with van der Waals surface area (Å²) in [4.78, 5) is 34.1. The van der Waals surface area contributed by atoms with Crippen LogP contribution >= 0.6 is 0 Å². The van der Waals surface area contributed by atoms with Crippen LogP contribution in [-0.2, 0) is 9.53 Å². The predicted octanol–water partition coefficient (Wildman–Crippen LogP) is 0.663. The van der Waals surface area contributed by atoms with Gasteiger partial charge in [0.25, 0.3) is 0 Å². The third-order valence-corrected chi connectivity index (χ3v) is 6.69. The molecule has 0 spiro atoms. The van der Waals surface area contributed by atoms with Crippen LogP contribution < -0.4 is 0 Å². The van der Waals surface area contributed by atoms with E-state index in [2.05, 4.69) is 21.6 Å². The normalized spacial score (nSPS) is 27.5. The van der Waals surface area contributed by atoms with E-state index in [0.29, 0.717) is 13.1 Å². The van der Waals surface area contributed by atoms with Crippen molar-refractivity contribution in [1.29, 1.82) is 0 Å². The summed E-state index contributed by atoms with van der Waals surface area (Å²) in [6.07, 6.45) is 3.93. The Morgan fingerprint density at radius 3 is 2.17 bits per heavy atom. The fraction of sp³-hybridized carbons (Fsp3) is 0.905. The highest BCUT2D eigenvalue weighted by Gasteiger charge is 2.43. The zero-order valence-corrected chi connectivity index (χ0v) is 18.7. The molecule has 0 aromatic rings. The Morgan fingerprint density at radius 1 is 0.967 bits per heavy atom. The number of aliphatic carboxylic acids is 1. The summed E-state index contributed by atoms with van der Waals surface area (Å²) in [5.41, 5.74) is 0. The standard InChI is InChI=1S/C21H39N5O4/c1-3-7-23-9-11-24(12-10-23)8-5-4-6-18-20(30-21(29)22(18)2)26-15-13-25(14-16-26)17-19(27)28/h18,20H,3-17H2,1-2H3,(H,27,28). The maximum absolute atomic E-state index is 12.2. The number of nitrogens with zero attached hydrogens (tertiary/aromatic N) is 5. The average Bonchev–Trinajstić information content (AvgIpc) is 3.01. The highest BCUT2D eigenvalue weighted by atomic mass is 16.6. The van der Waals surface area contributed by atoms with Crippen molar-refractivity contribution < 1.29 is 19.4 Å². The monoisotopic (exact) mass is 425 g/mol. The molecule has 3 fully saturated rings. The molecule has 172 valence electrons. The highest BCUT2D eigenvalue weighted by Crippen LogP contribution is 2.26. The van der Waals surface area contributed by atoms with E-state index in [1.165, 1.54) is 26.1 Å². The summed E-state index contributed by atoms with van der Waals surface area (Å²) >= 11 is 0. The summed E-state index contributed by atoms with van der Waals surface area (Å²) in [6.45, 7) is 12.2. The van der Waals surface area contributed by atoms with Gasteiger partial charge in [-0.25, -0.2) is 4.79 Å². The SMILES string of the molecule is CCCN1CCN(CCCCC2C(N3CCN(CC(=O)O)CC3)OC(=O)N2C)CC1. The quantitative estimate of drug-likeness (QED) is 0.512. The van der Waals surface area contributed by atoms with Crippen molar-refractivity contribution in [2.45, 2.75) is 44.9 Å². The van der Waals surface area contributed by atoms with Crippen LogP contribution in [0.25, 0.3) is 0 Å². The van der Waals surface area contributed by atoms with Gasteiger partial charge in [0.15, 0.2) is 6.23 Å². The zero-order valence-electron chi connectivity index (χ0n) is 18.7. The summed E-state index contributed by atoms with van der Waals surface area (Å²) in [5.74, 6) is -0.792. The average molecular weight is 426 g/mol. The van der Waals surface area contributed by atoms with Gasteiger partial charge in [-0.3, -0.25) is 14.6 Å². The molecule has 3 rings (SSSR count). The third kappa shape index (κ3) is 6.29. The van der Waals surface area contributed by atoms with Crippen molar-refractivity contribution >= 4 is 12.1 Å². The van der Waals surface area contributed by atoms with Gasteiger partial charge in [0, 0.05) is 59.4 Å². The minimum absolute atomic E-state index is 0.0740. The first-order valence-electron chi connectivity index (χ1n) is 11.5. The fourth-order valence-corrected chi connectivity index (χ4v) is 4.85. The maximum Gasteiger partial charge on any atom is 0.411 e. The number of carbonyl (C=O) groups is 2. The van der Waals surface area contributed by atoms with Crippen molar-refractivity contribution in [2.75, 3.05) is 79.0 Å². The Labute approximate surface area is 180 Å². The van der Waals surface area contributed by atoms with Gasteiger partial charge in [-0.1, -0.05) is 6.92 Å². The highest BCUT2D eigenvalue weighted by molar-refractivity contribution is 5.70. The van der Waals surface area contributed by atoms with E-state index in [9.17, 15) is 9.59 Å². The second-order valence-electron chi connectivity index (χ2n) is 8.84. The van der Waals surface area contributed by atoms with Crippen LogP contribution in [0.15, 0.2) is 0 Å². The van der Waals surface area contributed by atoms with E-state index in [1.54, 1.807) is 4.90 Å². The molecule has 0 aliphatic carbocycles. The number of cyclic esters (lactones) is 1. The van der Waals surface area contributed by atoms with Crippen LogP contribution in [0.2, 0.25) is 0 Å². The summed E-state index contributed by atoms with van der Waals surface area (Å²) in [7, 11) is 1.83. The van der Waals surface area contributed by atoms with Crippen LogP contribution in [0.3, 0.4) is 0 Å². The summed E-state index contributed by atoms with van der Waals surface area (Å²) in [5, 5.41) is 8.97. The van der Waals surface area contributed by atoms with Crippen molar-refractivity contribution in [3.63, 3.8) is 0 Å². The van der Waals surface area contributed by atoms with Gasteiger partial charge in [-0.15, -0.1) is 0 Å². The third-order valence-electron chi connectivity index (χ3n) is 6.69. The fourth-order valence-electron chi connectivity index (χ4n) is 4.85. The first-order valence-corrected chi connectivity index (χ1v) is 11.5. The van der Waals surface area contributed by atoms with Crippen LogP contribution in [0.1, 0.15) is 32.6 Å². The number of ether oxygens (including phenoxy) is 1. The summed E-state index contributed by atoms with van der Waals surface area (Å²) < 4.78 is 5.69. The number of piperazine rings is 2. The first kappa shape index (κ1) is 23.2. The predicted molar refractivity (Wildman–Crippen MR) is 114 cm³/mol. The lowest BCUT2D eigenvalue weighted by atomic mass is 10.1. The number of likely N-dealkylation sites (N-methyl/N-ethyl adjacent to an activating group) is 1. The molecule has 1 N–H and O–H groups in total. The number of hydrogen-bond acceptors (Lipinski definition) is 7. The molecule has 3 aliphatic heterocycles. The van der Waals surface area contributed by atoms with E-state index < -0.39 is 5.97 Å². The molecule has 0 aromatic heterocycles. The van der Waals surface area contributed by atoms with E-state index in [0.717, 1.165) is 52.0 Å². The lowest BCUT2D eigenvalue weighted by molar-refractivity contribution is -0.139. The Bertz CT molecular complexity index is 562. The largest absolute Gasteiger partial charge is 0.480 e. The first-order chi connectivity index (χ1) is 14.5. The molecule has 0 aromatic carbocycles. The molecule has 0 bridgehead atoms. The van der Waals surface area contributed by atoms with Gasteiger partial charge in [-0.2, -0.15) is 0 Å². The van der Waals surface area contributed by atoms with Crippen LogP contribution in [0.5, 0.6) is 0 Å². The van der Waals surface area contributed by atoms with Gasteiger partial charge >= 0.3 is 12.1 Å². The molecule has 9 heteroatoms. The molecule has 30 heavy (non-hydrogen) atoms. The smallest absolute Gasteiger partial charge is 0.411 e. The molecule has 3 heterocycles. The number of amides is 1. The number of carbonyl (C=O) groups excluding carboxylic acids is 1. The number of hydrogen-bond donors (Lipinski definition) is 1. The van der Waals surface area contributed by atoms with E-state index in [4.69, 9.17) is 9.84 Å². The molecule has 3 saturated heterocycles. The second-order valence-corrected chi connectivity index (χ2v) is 8.84. The second kappa shape index (κ2) is 11.3. The van der Waals surface area contributed by atoms with Gasteiger partial charge in [0.05, 0.1) is 12.6 Å². The van der Waals surface area contributed by atoms with Crippen molar-refractivity contribution in [2.24, 2.45) is 0 Å². The van der Waals surface area contributed by atoms with Crippen molar-refractivity contribution in [1.82, 2.24) is 24.5 Å². The van der Waals surface area contributed by atoms with E-state index in [1.807, 2.05) is 11.9 Å². The molecule has 9 nitrogen and oxygen atoms in total. The zero-order chi connectivity index (χ0) is 21.5. The van der Waals surface area contributed by atoms with E-state index >= 15 is 0 Å². The molecule has 1 amide bonds. The van der Waals surface area contributed by atoms with Crippen LogP contribution in [0, 0.1) is 0 Å². The van der Waals surface area contributed by atoms with Gasteiger partial charge in [0.1, 0.15) is 0 Å². The van der Waals surface area contributed by atoms with Gasteiger partial charge < -0.3 is 24.5 Å². The minimum atomic E-state index is -0.792. The Morgan fingerprint density at radius 2 is 1.57 bits per heavy atom. The van der Waals surface area contributed by atoms with Gasteiger partial charge in [0.2, 0.25) is 0 Å². The maximum atomic E-state index is 12.2. The summed E-state index contributed by atoms with van der Waals surface area (Å²) in [6, 6.07) is 0.0740. The molecular formula is C21H39N5O4.